The van der Waals surface area contributed by atoms with Gasteiger partial charge >= 0.3 is 0 Å². The lowest BCUT2D eigenvalue weighted by atomic mass is 9.93. The van der Waals surface area contributed by atoms with Crippen LogP contribution in [0.5, 0.6) is 0 Å². The van der Waals surface area contributed by atoms with Gasteiger partial charge in [-0.15, -0.1) is 0 Å². The summed E-state index contributed by atoms with van der Waals surface area (Å²) in [5.41, 5.74) is 5.75. The van der Waals surface area contributed by atoms with Crippen LogP contribution < -0.4 is 5.73 Å². The monoisotopic (exact) mass is 213 g/mol. The standard InChI is InChI=1S/C11H23N3O/c1-11(2,8-12)9-13(3)7-10(15)14-5-4-6-14/h4-9,12H2,1-3H3. The van der Waals surface area contributed by atoms with E-state index >= 15 is 0 Å². The molecule has 0 bridgehead atoms. The average Bonchev–Trinajstić information content (AvgIpc) is 1.99. The minimum Gasteiger partial charge on any atom is -0.341 e. The van der Waals surface area contributed by atoms with Crippen LogP contribution >= 0.6 is 0 Å². The molecule has 1 rings (SSSR count). The van der Waals surface area contributed by atoms with E-state index in [2.05, 4.69) is 18.7 Å². The van der Waals surface area contributed by atoms with E-state index in [9.17, 15) is 4.79 Å². The number of carbonyl (C=O) groups excluding carboxylic acids is 1. The Kier molecular flexibility index (Phi) is 4.11. The van der Waals surface area contributed by atoms with E-state index in [-0.39, 0.29) is 11.3 Å². The van der Waals surface area contributed by atoms with E-state index in [1.54, 1.807) is 0 Å². The highest BCUT2D eigenvalue weighted by Gasteiger charge is 2.23. The van der Waals surface area contributed by atoms with E-state index in [1.165, 1.54) is 0 Å². The normalized spacial score (nSPS) is 16.7. The molecule has 1 amide bonds. The Hall–Kier alpha value is -0.610. The number of nitrogens with zero attached hydrogens (tertiary/aromatic N) is 2. The van der Waals surface area contributed by atoms with Crippen molar-refractivity contribution >= 4 is 5.91 Å². The Labute approximate surface area is 92.4 Å². The summed E-state index contributed by atoms with van der Waals surface area (Å²) in [7, 11) is 1.98. The fourth-order valence-corrected chi connectivity index (χ4v) is 1.75. The first kappa shape index (κ1) is 12.5. The zero-order valence-corrected chi connectivity index (χ0v) is 10.1. The number of likely N-dealkylation sites (tertiary alicyclic amines) is 1. The lowest BCUT2D eigenvalue weighted by molar-refractivity contribution is -0.135. The minimum atomic E-state index is 0.0873. The molecular formula is C11H23N3O. The summed E-state index contributed by atoms with van der Waals surface area (Å²) in [5.74, 6) is 0.247. The Morgan fingerprint density at radius 3 is 2.47 bits per heavy atom. The summed E-state index contributed by atoms with van der Waals surface area (Å²) in [4.78, 5) is 15.6. The third-order valence-corrected chi connectivity index (χ3v) is 2.86. The van der Waals surface area contributed by atoms with Crippen LogP contribution in [-0.2, 0) is 4.79 Å². The van der Waals surface area contributed by atoms with E-state index in [0.29, 0.717) is 13.1 Å². The lowest BCUT2D eigenvalue weighted by Crippen LogP contribution is -2.48. The first-order valence-corrected chi connectivity index (χ1v) is 5.61. The fraction of sp³-hybridized carbons (Fsp3) is 0.909. The number of hydrogen-bond donors (Lipinski definition) is 1. The molecule has 1 fully saturated rings. The van der Waals surface area contributed by atoms with Crippen molar-refractivity contribution in [2.75, 3.05) is 39.8 Å². The fourth-order valence-electron chi connectivity index (χ4n) is 1.75. The molecule has 0 aliphatic carbocycles. The maximum absolute atomic E-state index is 11.7. The molecule has 15 heavy (non-hydrogen) atoms. The number of carbonyl (C=O) groups is 1. The van der Waals surface area contributed by atoms with Crippen molar-refractivity contribution < 1.29 is 4.79 Å². The third-order valence-electron chi connectivity index (χ3n) is 2.86. The van der Waals surface area contributed by atoms with E-state index < -0.39 is 0 Å². The molecule has 4 heteroatoms. The van der Waals surface area contributed by atoms with E-state index in [4.69, 9.17) is 5.73 Å². The van der Waals surface area contributed by atoms with E-state index in [1.807, 2.05) is 11.9 Å². The average molecular weight is 213 g/mol. The van der Waals surface area contributed by atoms with Crippen molar-refractivity contribution in [3.05, 3.63) is 0 Å². The predicted molar refractivity (Wildman–Crippen MR) is 61.5 cm³/mol. The summed E-state index contributed by atoms with van der Waals surface area (Å²) in [6.07, 6.45) is 1.16. The smallest absolute Gasteiger partial charge is 0.236 e. The molecular weight excluding hydrogens is 190 g/mol. The number of likely N-dealkylation sites (N-methyl/N-ethyl adjacent to an activating group) is 1. The summed E-state index contributed by atoms with van der Waals surface area (Å²) >= 11 is 0. The second-order valence-corrected chi connectivity index (χ2v) is 5.27. The van der Waals surface area contributed by atoms with Gasteiger partial charge in [-0.3, -0.25) is 9.69 Å². The van der Waals surface area contributed by atoms with Crippen LogP contribution in [0.2, 0.25) is 0 Å². The number of rotatable bonds is 5. The van der Waals surface area contributed by atoms with Gasteiger partial charge in [-0.1, -0.05) is 13.8 Å². The topological polar surface area (TPSA) is 49.6 Å². The lowest BCUT2D eigenvalue weighted by Gasteiger charge is -2.34. The van der Waals surface area contributed by atoms with Gasteiger partial charge in [0.1, 0.15) is 0 Å². The molecule has 0 saturated carbocycles. The zero-order chi connectivity index (χ0) is 11.5. The molecule has 0 aromatic rings. The zero-order valence-electron chi connectivity index (χ0n) is 10.1. The summed E-state index contributed by atoms with van der Waals surface area (Å²) in [6.45, 7) is 8.15. The highest BCUT2D eigenvalue weighted by Crippen LogP contribution is 2.14. The van der Waals surface area contributed by atoms with Crippen LogP contribution in [0, 0.1) is 5.41 Å². The molecule has 2 N–H and O–H groups in total. The molecule has 1 aliphatic heterocycles. The van der Waals surface area contributed by atoms with Gasteiger partial charge in [0.15, 0.2) is 0 Å². The number of amides is 1. The van der Waals surface area contributed by atoms with Crippen LogP contribution in [0.1, 0.15) is 20.3 Å². The largest absolute Gasteiger partial charge is 0.341 e. The Balaban J connectivity index is 2.28. The van der Waals surface area contributed by atoms with Gasteiger partial charge in [-0.25, -0.2) is 0 Å². The summed E-state index contributed by atoms with van der Waals surface area (Å²) < 4.78 is 0. The van der Waals surface area contributed by atoms with Crippen molar-refractivity contribution in [2.24, 2.45) is 11.1 Å². The molecule has 4 nitrogen and oxygen atoms in total. The highest BCUT2D eigenvalue weighted by atomic mass is 16.2. The van der Waals surface area contributed by atoms with Crippen molar-refractivity contribution in [3.8, 4) is 0 Å². The highest BCUT2D eigenvalue weighted by molar-refractivity contribution is 5.78. The van der Waals surface area contributed by atoms with Gasteiger partial charge < -0.3 is 10.6 Å². The third kappa shape index (κ3) is 3.80. The van der Waals surface area contributed by atoms with Crippen molar-refractivity contribution in [3.63, 3.8) is 0 Å². The summed E-state index contributed by atoms with van der Waals surface area (Å²) in [6, 6.07) is 0. The predicted octanol–water partition coefficient (Wildman–Crippen LogP) is 0.135. The van der Waals surface area contributed by atoms with Crippen molar-refractivity contribution in [1.29, 1.82) is 0 Å². The van der Waals surface area contributed by atoms with Crippen LogP contribution in [0.3, 0.4) is 0 Å². The maximum atomic E-state index is 11.7. The van der Waals surface area contributed by atoms with Crippen LogP contribution in [0.25, 0.3) is 0 Å². The van der Waals surface area contributed by atoms with E-state index in [0.717, 1.165) is 26.1 Å². The van der Waals surface area contributed by atoms with Gasteiger partial charge in [-0.05, 0) is 25.4 Å². The van der Waals surface area contributed by atoms with Crippen LogP contribution in [0.4, 0.5) is 0 Å². The SMILES string of the molecule is CN(CC(=O)N1CCC1)CC(C)(C)CN. The molecule has 0 aromatic carbocycles. The molecule has 0 radical (unpaired) electrons. The van der Waals surface area contributed by atoms with Gasteiger partial charge in [0.25, 0.3) is 0 Å². The minimum absolute atomic E-state index is 0.0873. The molecule has 0 aromatic heterocycles. The quantitative estimate of drug-likeness (QED) is 0.706. The van der Waals surface area contributed by atoms with Crippen molar-refractivity contribution in [1.82, 2.24) is 9.80 Å². The Bertz CT molecular complexity index is 224. The molecule has 0 atom stereocenters. The van der Waals surface area contributed by atoms with Gasteiger partial charge in [-0.2, -0.15) is 0 Å². The molecule has 0 spiro atoms. The van der Waals surface area contributed by atoms with Gasteiger partial charge in [0.2, 0.25) is 5.91 Å². The second-order valence-electron chi connectivity index (χ2n) is 5.27. The Morgan fingerprint density at radius 1 is 1.47 bits per heavy atom. The van der Waals surface area contributed by atoms with Crippen LogP contribution in [0.15, 0.2) is 0 Å². The summed E-state index contributed by atoms with van der Waals surface area (Å²) in [5, 5.41) is 0. The molecule has 1 aliphatic rings. The van der Waals surface area contributed by atoms with Crippen molar-refractivity contribution in [2.45, 2.75) is 20.3 Å². The number of nitrogens with two attached hydrogens (primary N) is 1. The molecule has 88 valence electrons. The molecule has 0 unspecified atom stereocenters. The first-order valence-electron chi connectivity index (χ1n) is 5.61. The number of hydrogen-bond acceptors (Lipinski definition) is 3. The van der Waals surface area contributed by atoms with Gasteiger partial charge in [0, 0.05) is 19.6 Å². The maximum Gasteiger partial charge on any atom is 0.236 e. The Morgan fingerprint density at radius 2 is 2.07 bits per heavy atom. The second kappa shape index (κ2) is 4.94. The van der Waals surface area contributed by atoms with Gasteiger partial charge in [0.05, 0.1) is 6.54 Å². The molecule has 1 heterocycles. The molecule has 1 saturated heterocycles. The van der Waals surface area contributed by atoms with Crippen LogP contribution in [-0.4, -0.2) is 55.5 Å². The first-order chi connectivity index (χ1) is 6.94.